The van der Waals surface area contributed by atoms with E-state index in [4.69, 9.17) is 4.74 Å². The van der Waals surface area contributed by atoms with Crippen molar-refractivity contribution in [1.29, 1.82) is 0 Å². The fourth-order valence-corrected chi connectivity index (χ4v) is 4.05. The molecule has 4 rings (SSSR count). The molecule has 3 nitrogen and oxygen atoms in total. The molecule has 1 aliphatic carbocycles. The van der Waals surface area contributed by atoms with Crippen LogP contribution in [0.1, 0.15) is 30.5 Å². The first kappa shape index (κ1) is 21.2. The van der Waals surface area contributed by atoms with E-state index in [2.05, 4.69) is 126 Å². The van der Waals surface area contributed by atoms with Crippen molar-refractivity contribution >= 4 is 17.3 Å². The number of rotatable bonds is 4. The van der Waals surface area contributed by atoms with Crippen molar-refractivity contribution in [1.82, 2.24) is 0 Å². The second-order valence-electron chi connectivity index (χ2n) is 9.38. The molecular weight excluding hydrogens is 380 g/mol. The van der Waals surface area contributed by atoms with Crippen LogP contribution in [0.5, 0.6) is 5.75 Å². The van der Waals surface area contributed by atoms with Crippen molar-refractivity contribution in [2.45, 2.75) is 25.5 Å². The third kappa shape index (κ3) is 4.52. The number of benzene rings is 2. The summed E-state index contributed by atoms with van der Waals surface area (Å²) < 4.78 is 6.15. The summed E-state index contributed by atoms with van der Waals surface area (Å²) in [5.74, 6) is 0.939. The Labute approximate surface area is 186 Å². The lowest BCUT2D eigenvalue weighted by molar-refractivity contribution is -0.871. The van der Waals surface area contributed by atoms with Crippen LogP contribution in [0.15, 0.2) is 78.4 Å². The van der Waals surface area contributed by atoms with Gasteiger partial charge < -0.3 is 14.5 Å². The van der Waals surface area contributed by atoms with Crippen LogP contribution in [-0.4, -0.2) is 39.8 Å². The first-order valence-electron chi connectivity index (χ1n) is 10.9. The summed E-state index contributed by atoms with van der Waals surface area (Å²) in [6.07, 6.45) is 13.4. The van der Waals surface area contributed by atoms with E-state index in [1.54, 1.807) is 0 Å². The molecular formula is C28H33N2O+. The molecule has 1 heterocycles. The van der Waals surface area contributed by atoms with Gasteiger partial charge in [0.1, 0.15) is 17.4 Å². The van der Waals surface area contributed by atoms with Gasteiger partial charge in [-0.25, -0.2) is 0 Å². The number of hydrogen-bond acceptors (Lipinski definition) is 2. The molecule has 1 N–H and O–H groups in total. The van der Waals surface area contributed by atoms with Crippen molar-refractivity contribution in [2.24, 2.45) is 0 Å². The second kappa shape index (κ2) is 8.24. The third-order valence-electron chi connectivity index (χ3n) is 5.93. The summed E-state index contributed by atoms with van der Waals surface area (Å²) in [6, 6.07) is 15.7. The van der Waals surface area contributed by atoms with Crippen LogP contribution in [0.2, 0.25) is 0 Å². The summed E-state index contributed by atoms with van der Waals surface area (Å²) >= 11 is 0. The van der Waals surface area contributed by atoms with Crippen LogP contribution >= 0.6 is 0 Å². The summed E-state index contributed by atoms with van der Waals surface area (Å²) in [5, 5.41) is 0. The zero-order valence-electron chi connectivity index (χ0n) is 19.4. The maximum Gasteiger partial charge on any atom is 0.127 e. The molecule has 3 heteroatoms. The Balaban J connectivity index is 1.82. The van der Waals surface area contributed by atoms with Crippen LogP contribution in [0.3, 0.4) is 0 Å². The standard InChI is InChI=1S/C28H32N2O/c1-28(2)18-17-22-19-23(11-16-26(22)31-28)27(20-7-12-24(13-8-20)29(3)4)21-9-14-25(15-10-21)30(5)6/h7-19,24H,1-6H3/p+1. The summed E-state index contributed by atoms with van der Waals surface area (Å²) in [7, 11) is 8.52. The van der Waals surface area contributed by atoms with Gasteiger partial charge in [-0.05, 0) is 78.6 Å². The van der Waals surface area contributed by atoms with Gasteiger partial charge in [0.25, 0.3) is 0 Å². The molecule has 0 aromatic heterocycles. The van der Waals surface area contributed by atoms with Gasteiger partial charge >= 0.3 is 0 Å². The third-order valence-corrected chi connectivity index (χ3v) is 5.93. The minimum Gasteiger partial charge on any atom is -0.483 e. The normalized spacial score (nSPS) is 18.7. The first-order valence-corrected chi connectivity index (χ1v) is 10.9. The Morgan fingerprint density at radius 3 is 2.16 bits per heavy atom. The number of likely N-dealkylation sites (N-methyl/N-ethyl adjacent to an activating group) is 1. The number of ether oxygens (including phenoxy) is 1. The lowest BCUT2D eigenvalue weighted by Crippen LogP contribution is -3.09. The van der Waals surface area contributed by atoms with Crippen molar-refractivity contribution < 1.29 is 9.64 Å². The van der Waals surface area contributed by atoms with Crippen molar-refractivity contribution in [3.63, 3.8) is 0 Å². The van der Waals surface area contributed by atoms with Gasteiger partial charge in [-0.3, -0.25) is 0 Å². The molecule has 0 spiro atoms. The second-order valence-corrected chi connectivity index (χ2v) is 9.38. The number of nitrogens with one attached hydrogen (secondary N) is 1. The number of fused-ring (bicyclic) bond motifs is 1. The number of quaternary nitrogens is 1. The lowest BCUT2D eigenvalue weighted by Gasteiger charge is -2.28. The van der Waals surface area contributed by atoms with Gasteiger partial charge in [-0.1, -0.05) is 36.4 Å². The van der Waals surface area contributed by atoms with Crippen LogP contribution in [0.25, 0.3) is 11.6 Å². The number of anilines is 1. The van der Waals surface area contributed by atoms with Gasteiger partial charge in [0.2, 0.25) is 0 Å². The summed E-state index contributed by atoms with van der Waals surface area (Å²) in [4.78, 5) is 3.53. The van der Waals surface area contributed by atoms with Gasteiger partial charge in [-0.2, -0.15) is 0 Å². The van der Waals surface area contributed by atoms with E-state index in [9.17, 15) is 0 Å². The van der Waals surface area contributed by atoms with Crippen molar-refractivity contribution in [2.75, 3.05) is 33.1 Å². The fourth-order valence-electron chi connectivity index (χ4n) is 4.05. The summed E-state index contributed by atoms with van der Waals surface area (Å²) in [5.41, 5.74) is 6.94. The molecule has 2 aliphatic rings. The van der Waals surface area contributed by atoms with Crippen LogP contribution in [0, 0.1) is 0 Å². The quantitative estimate of drug-likeness (QED) is 0.801. The van der Waals surface area contributed by atoms with Crippen LogP contribution < -0.4 is 14.5 Å². The highest BCUT2D eigenvalue weighted by molar-refractivity contribution is 5.87. The molecule has 0 amide bonds. The molecule has 0 fully saturated rings. The molecule has 0 bridgehead atoms. The van der Waals surface area contributed by atoms with E-state index in [1.165, 1.54) is 32.9 Å². The minimum absolute atomic E-state index is 0.268. The van der Waals surface area contributed by atoms with Crippen LogP contribution in [0.4, 0.5) is 5.69 Å². The maximum absolute atomic E-state index is 6.15. The largest absolute Gasteiger partial charge is 0.483 e. The van der Waals surface area contributed by atoms with Crippen molar-refractivity contribution in [3.8, 4) is 5.75 Å². The highest BCUT2D eigenvalue weighted by atomic mass is 16.5. The lowest BCUT2D eigenvalue weighted by atomic mass is 9.88. The Morgan fingerprint density at radius 2 is 1.55 bits per heavy atom. The number of nitrogens with zero attached hydrogens (tertiary/aromatic N) is 1. The molecule has 1 aliphatic heterocycles. The topological polar surface area (TPSA) is 16.9 Å². The molecule has 2 aromatic rings. The van der Waals surface area contributed by atoms with Crippen molar-refractivity contribution in [3.05, 3.63) is 95.1 Å². The van der Waals surface area contributed by atoms with Gasteiger partial charge in [-0.15, -0.1) is 0 Å². The molecule has 160 valence electrons. The van der Waals surface area contributed by atoms with Gasteiger partial charge in [0.15, 0.2) is 0 Å². The number of allylic oxidation sites excluding steroid dienone is 3. The predicted molar refractivity (Wildman–Crippen MR) is 132 cm³/mol. The Hall–Kier alpha value is -3.04. The van der Waals surface area contributed by atoms with E-state index < -0.39 is 0 Å². The van der Waals surface area contributed by atoms with E-state index in [1.807, 2.05) is 0 Å². The van der Waals surface area contributed by atoms with Gasteiger partial charge in [0, 0.05) is 25.3 Å². The molecule has 0 radical (unpaired) electrons. The Morgan fingerprint density at radius 1 is 0.903 bits per heavy atom. The summed E-state index contributed by atoms with van der Waals surface area (Å²) in [6.45, 7) is 4.17. The Kier molecular flexibility index (Phi) is 5.63. The average molecular weight is 414 g/mol. The molecule has 31 heavy (non-hydrogen) atoms. The van der Waals surface area contributed by atoms with E-state index in [0.717, 1.165) is 11.3 Å². The molecule has 0 saturated heterocycles. The van der Waals surface area contributed by atoms with Crippen LogP contribution in [-0.2, 0) is 0 Å². The SMILES string of the molecule is CN(C)c1ccc(C(=C2C=CC([NH+](C)C)C=C2)c2ccc3c(c2)C=CC(C)(C)O3)cc1. The first-order chi connectivity index (χ1) is 14.7. The zero-order valence-corrected chi connectivity index (χ0v) is 19.4. The number of hydrogen-bond donors (Lipinski definition) is 1. The smallest absolute Gasteiger partial charge is 0.127 e. The highest BCUT2D eigenvalue weighted by Gasteiger charge is 2.23. The molecule has 0 atom stereocenters. The van der Waals surface area contributed by atoms with E-state index >= 15 is 0 Å². The Bertz CT molecular complexity index is 1070. The van der Waals surface area contributed by atoms with Gasteiger partial charge in [0.05, 0.1) is 14.1 Å². The highest BCUT2D eigenvalue weighted by Crippen LogP contribution is 2.36. The zero-order chi connectivity index (χ0) is 22.2. The van der Waals surface area contributed by atoms with E-state index in [-0.39, 0.29) is 5.60 Å². The molecule has 2 aromatic carbocycles. The monoisotopic (exact) mass is 413 g/mol. The maximum atomic E-state index is 6.15. The molecule has 0 unspecified atom stereocenters. The van der Waals surface area contributed by atoms with E-state index in [0.29, 0.717) is 6.04 Å². The predicted octanol–water partition coefficient (Wildman–Crippen LogP) is 4.38. The molecule has 0 saturated carbocycles. The minimum atomic E-state index is -0.268. The fraction of sp³-hybridized carbons (Fsp3) is 0.286. The average Bonchev–Trinajstić information content (AvgIpc) is 2.74.